The first-order valence-electron chi connectivity index (χ1n) is 25.1. The minimum Gasteiger partial charge on any atom is -0.379 e. The summed E-state index contributed by atoms with van der Waals surface area (Å²) >= 11 is 0. The van der Waals surface area contributed by atoms with Gasteiger partial charge in [-0.05, 0) is 70.6 Å². The third-order valence-electron chi connectivity index (χ3n) is 11.2. The van der Waals surface area contributed by atoms with Crippen molar-refractivity contribution >= 4 is 5.91 Å². The summed E-state index contributed by atoms with van der Waals surface area (Å²) < 4.78 is 12.8. The Morgan fingerprint density at radius 1 is 0.464 bits per heavy atom. The molecule has 0 N–H and O–H groups in total. The van der Waals surface area contributed by atoms with Crippen LogP contribution in [-0.2, 0) is 14.3 Å². The van der Waals surface area contributed by atoms with Gasteiger partial charge in [-0.25, -0.2) is 0 Å². The third-order valence-corrected chi connectivity index (χ3v) is 11.2. The molecule has 0 aromatic rings. The number of allylic oxidation sites excluding steroid dienone is 4. The maximum atomic E-state index is 13.6. The Bertz CT molecular complexity index is 846. The van der Waals surface area contributed by atoms with Crippen LogP contribution in [0.15, 0.2) is 24.3 Å². The molecule has 1 amide bonds. The number of carbonyl (C=O) groups excluding carboxylic acids is 1. The molecule has 56 heavy (non-hydrogen) atoms. The lowest BCUT2D eigenvalue weighted by molar-refractivity contribution is -0.142. The number of rotatable bonds is 44. The Hall–Kier alpha value is -1.13. The molecule has 1 atom stereocenters. The minimum absolute atomic E-state index is 0.0568. The van der Waals surface area contributed by atoms with Gasteiger partial charge in [-0.1, -0.05) is 214 Å². The summed E-state index contributed by atoms with van der Waals surface area (Å²) in [5.74, 6) is 0.241. The van der Waals surface area contributed by atoms with Crippen molar-refractivity contribution in [3.05, 3.63) is 24.3 Å². The molecule has 0 spiro atoms. The zero-order chi connectivity index (χ0) is 41.1. The zero-order valence-electron chi connectivity index (χ0n) is 39.1. The van der Waals surface area contributed by atoms with Gasteiger partial charge in [0.2, 0.25) is 5.91 Å². The van der Waals surface area contributed by atoms with Gasteiger partial charge in [0.05, 0.1) is 12.7 Å². The molecule has 0 aliphatic rings. The molecule has 0 aromatic heterocycles. The molecule has 0 aliphatic heterocycles. The summed E-state index contributed by atoms with van der Waals surface area (Å²) in [5, 5.41) is 0. The van der Waals surface area contributed by atoms with Crippen LogP contribution in [0, 0.1) is 5.41 Å². The minimum atomic E-state index is -0.388. The first-order chi connectivity index (χ1) is 27.4. The molecular weight excluding hydrogens is 687 g/mol. The normalized spacial score (nSPS) is 12.8. The predicted molar refractivity (Wildman–Crippen MR) is 249 cm³/mol. The van der Waals surface area contributed by atoms with Gasteiger partial charge in [-0.15, -0.1) is 0 Å². The number of hydrogen-bond donors (Lipinski definition) is 0. The van der Waals surface area contributed by atoms with Gasteiger partial charge >= 0.3 is 0 Å². The van der Waals surface area contributed by atoms with E-state index in [4.69, 9.17) is 9.47 Å². The van der Waals surface area contributed by atoms with Gasteiger partial charge in [-0.3, -0.25) is 4.79 Å². The Morgan fingerprint density at radius 3 is 1.20 bits per heavy atom. The van der Waals surface area contributed by atoms with Crippen molar-refractivity contribution < 1.29 is 14.3 Å². The monoisotopic (exact) mass is 788 g/mol. The lowest BCUT2D eigenvalue weighted by Gasteiger charge is -2.32. The fourth-order valence-electron chi connectivity index (χ4n) is 7.50. The maximum Gasteiger partial charge on any atom is 0.228 e. The summed E-state index contributed by atoms with van der Waals surface area (Å²) in [7, 11) is 0. The van der Waals surface area contributed by atoms with Crippen LogP contribution in [0.5, 0.6) is 0 Å². The van der Waals surface area contributed by atoms with E-state index in [1.807, 2.05) is 0 Å². The summed E-state index contributed by atoms with van der Waals surface area (Å²) in [4.78, 5) is 15.7. The van der Waals surface area contributed by atoms with Crippen molar-refractivity contribution in [1.82, 2.24) is 4.90 Å². The molecule has 0 saturated heterocycles. The number of hydrogen-bond acceptors (Lipinski definition) is 3. The van der Waals surface area contributed by atoms with E-state index in [-0.39, 0.29) is 17.4 Å². The van der Waals surface area contributed by atoms with Crippen molar-refractivity contribution in [3.8, 4) is 0 Å². The van der Waals surface area contributed by atoms with Crippen LogP contribution in [0.2, 0.25) is 0 Å². The highest BCUT2D eigenvalue weighted by Crippen LogP contribution is 2.20. The Kier molecular flexibility index (Phi) is 42.6. The van der Waals surface area contributed by atoms with Crippen LogP contribution >= 0.6 is 0 Å². The molecular formula is C52H101NO3. The molecule has 1 unspecified atom stereocenters. The van der Waals surface area contributed by atoms with E-state index in [1.54, 1.807) is 0 Å². The van der Waals surface area contributed by atoms with E-state index in [2.05, 4.69) is 70.7 Å². The molecule has 0 bridgehead atoms. The molecule has 0 heterocycles. The molecule has 0 aromatic carbocycles. The highest BCUT2D eigenvalue weighted by atomic mass is 16.5. The van der Waals surface area contributed by atoms with Crippen molar-refractivity contribution in [2.45, 2.75) is 266 Å². The Morgan fingerprint density at radius 2 is 0.804 bits per heavy atom. The highest BCUT2D eigenvalue weighted by Gasteiger charge is 2.29. The average molecular weight is 788 g/mol. The summed E-state index contributed by atoms with van der Waals surface area (Å²) in [6.45, 7) is 16.6. The standard InChI is InChI=1S/C52H101NO3/c1-7-10-13-16-19-21-23-25-27-29-31-33-35-37-40-43-46-55-49-50(48-53(51(54)52(4,5)6)45-42-39-18-15-12-9-3)56-47-44-41-38-36-34-32-30-28-26-24-22-20-17-14-11-8-2/h25-28,50H,7-24,29-49H2,1-6H3/b27-25-,28-26-. The molecule has 4 nitrogen and oxygen atoms in total. The van der Waals surface area contributed by atoms with E-state index >= 15 is 0 Å². The molecule has 0 fully saturated rings. The first-order valence-corrected chi connectivity index (χ1v) is 25.1. The largest absolute Gasteiger partial charge is 0.379 e. The van der Waals surface area contributed by atoms with E-state index in [0.29, 0.717) is 13.2 Å². The molecule has 0 rings (SSSR count). The zero-order valence-corrected chi connectivity index (χ0v) is 39.1. The molecule has 4 heteroatoms. The lowest BCUT2D eigenvalue weighted by atomic mass is 9.94. The van der Waals surface area contributed by atoms with Crippen molar-refractivity contribution in [2.75, 3.05) is 32.9 Å². The number of unbranched alkanes of at least 4 members (excludes halogenated alkanes) is 29. The summed E-state index contributed by atoms with van der Waals surface area (Å²) in [5.41, 5.74) is -0.388. The number of amides is 1. The topological polar surface area (TPSA) is 38.8 Å². The van der Waals surface area contributed by atoms with Gasteiger partial charge in [0.25, 0.3) is 0 Å². The number of carbonyl (C=O) groups is 1. The number of ether oxygens (including phenoxy) is 2. The smallest absolute Gasteiger partial charge is 0.228 e. The van der Waals surface area contributed by atoms with E-state index in [0.717, 1.165) is 39.0 Å². The van der Waals surface area contributed by atoms with E-state index in [1.165, 1.54) is 199 Å². The van der Waals surface area contributed by atoms with Crippen LogP contribution < -0.4 is 0 Å². The molecule has 0 saturated carbocycles. The van der Waals surface area contributed by atoms with Crippen LogP contribution in [0.1, 0.15) is 260 Å². The highest BCUT2D eigenvalue weighted by molar-refractivity contribution is 5.81. The predicted octanol–water partition coefficient (Wildman–Crippen LogP) is 16.7. The SMILES string of the molecule is CCCCCCCC/C=C\CCCCCCCCOCC(CN(CCCCCCCC)C(=O)C(C)(C)C)OCCCCCCCC/C=C\CCCCCCCC. The molecule has 332 valence electrons. The quantitative estimate of drug-likeness (QED) is 0.0456. The van der Waals surface area contributed by atoms with Crippen LogP contribution in [0.25, 0.3) is 0 Å². The first kappa shape index (κ1) is 54.9. The van der Waals surface area contributed by atoms with Crippen molar-refractivity contribution in [1.29, 1.82) is 0 Å². The van der Waals surface area contributed by atoms with Gasteiger partial charge in [0, 0.05) is 31.7 Å². The van der Waals surface area contributed by atoms with Crippen LogP contribution in [0.4, 0.5) is 0 Å². The van der Waals surface area contributed by atoms with Crippen LogP contribution in [-0.4, -0.2) is 49.8 Å². The van der Waals surface area contributed by atoms with Gasteiger partial charge < -0.3 is 14.4 Å². The molecule has 0 aliphatic carbocycles. The molecule has 0 radical (unpaired) electrons. The van der Waals surface area contributed by atoms with Crippen LogP contribution in [0.3, 0.4) is 0 Å². The van der Waals surface area contributed by atoms with E-state index < -0.39 is 0 Å². The lowest BCUT2D eigenvalue weighted by Crippen LogP contribution is -2.45. The Balaban J connectivity index is 4.49. The fraction of sp³-hybridized carbons (Fsp3) is 0.904. The Labute approximate surface area is 352 Å². The second-order valence-electron chi connectivity index (χ2n) is 18.2. The summed E-state index contributed by atoms with van der Waals surface area (Å²) in [6, 6.07) is 0. The van der Waals surface area contributed by atoms with E-state index in [9.17, 15) is 4.79 Å². The second kappa shape index (κ2) is 43.4. The van der Waals surface area contributed by atoms with Gasteiger partial charge in [0.15, 0.2) is 0 Å². The van der Waals surface area contributed by atoms with Gasteiger partial charge in [-0.2, -0.15) is 0 Å². The fourth-order valence-corrected chi connectivity index (χ4v) is 7.50. The third kappa shape index (κ3) is 39.7. The maximum absolute atomic E-state index is 13.6. The van der Waals surface area contributed by atoms with Gasteiger partial charge in [0.1, 0.15) is 0 Å². The van der Waals surface area contributed by atoms with Crippen molar-refractivity contribution in [2.24, 2.45) is 5.41 Å². The second-order valence-corrected chi connectivity index (χ2v) is 18.2. The number of nitrogens with zero attached hydrogens (tertiary/aromatic N) is 1. The summed E-state index contributed by atoms with van der Waals surface area (Å²) in [6.07, 6.45) is 53.9. The average Bonchev–Trinajstić information content (AvgIpc) is 3.18. The van der Waals surface area contributed by atoms with Crippen molar-refractivity contribution in [3.63, 3.8) is 0 Å².